The molecule has 0 radical (unpaired) electrons. The second-order valence-electron chi connectivity index (χ2n) is 4.78. The normalized spacial score (nSPS) is 10.1. The Kier molecular flexibility index (Phi) is 5.01. The van der Waals surface area contributed by atoms with Crippen LogP contribution in [-0.4, -0.2) is 10.8 Å². The number of Topliss-reactive ketones (excluding diaryl/α,β-unsaturated/α-hetero) is 1. The Bertz CT molecular complexity index is 817. The van der Waals surface area contributed by atoms with Crippen LogP contribution in [0.15, 0.2) is 54.7 Å². The Labute approximate surface area is 139 Å². The Morgan fingerprint density at radius 3 is 2.50 bits per heavy atom. The largest absolute Gasteiger partial charge is 0.355 e. The molecule has 0 unspecified atom stereocenters. The Balaban J connectivity index is 0.00000176. The van der Waals surface area contributed by atoms with Crippen molar-refractivity contribution in [2.24, 2.45) is 0 Å². The summed E-state index contributed by atoms with van der Waals surface area (Å²) in [5, 5.41) is 5.00. The van der Waals surface area contributed by atoms with Gasteiger partial charge in [0.2, 0.25) is 0 Å². The molecule has 0 bridgehead atoms. The maximum absolute atomic E-state index is 11.3. The number of benzene rings is 2. The second-order valence-corrected chi connectivity index (χ2v) is 5.21. The molecule has 112 valence electrons. The number of anilines is 2. The highest BCUT2D eigenvalue weighted by molar-refractivity contribution is 6.31. The van der Waals surface area contributed by atoms with Crippen LogP contribution in [-0.2, 0) is 0 Å². The minimum absolute atomic E-state index is 0. The lowest BCUT2D eigenvalue weighted by Gasteiger charge is -2.10. The third-order valence-electron chi connectivity index (χ3n) is 3.28. The molecule has 0 amide bonds. The van der Waals surface area contributed by atoms with Gasteiger partial charge in [-0.2, -0.15) is 0 Å². The predicted molar refractivity (Wildman–Crippen MR) is 93.7 cm³/mol. The Morgan fingerprint density at radius 1 is 1.09 bits per heavy atom. The lowest BCUT2D eigenvalue weighted by atomic mass is 10.1. The zero-order valence-electron chi connectivity index (χ0n) is 11.8. The maximum atomic E-state index is 11.3. The van der Waals surface area contributed by atoms with Crippen LogP contribution >= 0.6 is 24.0 Å². The van der Waals surface area contributed by atoms with Crippen LogP contribution in [0, 0.1) is 0 Å². The minimum atomic E-state index is 0. The number of hydrogen-bond acceptors (Lipinski definition) is 3. The average Bonchev–Trinajstić information content (AvgIpc) is 2.47. The van der Waals surface area contributed by atoms with Crippen LogP contribution in [0.4, 0.5) is 11.4 Å². The molecule has 0 saturated carbocycles. The van der Waals surface area contributed by atoms with Gasteiger partial charge in [0.25, 0.3) is 0 Å². The molecule has 0 atom stereocenters. The second kappa shape index (κ2) is 6.77. The molecular formula is C17H14Cl2N2O. The summed E-state index contributed by atoms with van der Waals surface area (Å²) in [7, 11) is 0. The number of fused-ring (bicyclic) bond motifs is 1. The van der Waals surface area contributed by atoms with E-state index in [0.29, 0.717) is 10.6 Å². The summed E-state index contributed by atoms with van der Waals surface area (Å²) in [6, 6.07) is 14.9. The first-order chi connectivity index (χ1) is 10.1. The van der Waals surface area contributed by atoms with Crippen molar-refractivity contribution in [3.63, 3.8) is 0 Å². The lowest BCUT2D eigenvalue weighted by Crippen LogP contribution is -1.95. The van der Waals surface area contributed by atoms with E-state index in [1.54, 1.807) is 13.1 Å². The summed E-state index contributed by atoms with van der Waals surface area (Å²) >= 11 is 5.99. The number of halogens is 2. The van der Waals surface area contributed by atoms with Gasteiger partial charge in [0, 0.05) is 33.5 Å². The molecule has 0 aliphatic rings. The van der Waals surface area contributed by atoms with Gasteiger partial charge < -0.3 is 5.32 Å². The van der Waals surface area contributed by atoms with E-state index in [9.17, 15) is 4.79 Å². The molecule has 22 heavy (non-hydrogen) atoms. The molecule has 0 fully saturated rings. The molecule has 1 N–H and O–H groups in total. The fourth-order valence-electron chi connectivity index (χ4n) is 2.17. The summed E-state index contributed by atoms with van der Waals surface area (Å²) in [4.78, 5) is 15.6. The van der Waals surface area contributed by atoms with Crippen molar-refractivity contribution < 1.29 is 4.79 Å². The summed E-state index contributed by atoms with van der Waals surface area (Å²) in [6.45, 7) is 1.56. The quantitative estimate of drug-likeness (QED) is 0.665. The zero-order valence-corrected chi connectivity index (χ0v) is 13.4. The Hall–Kier alpha value is -2.10. The van der Waals surface area contributed by atoms with Crippen molar-refractivity contribution in [1.29, 1.82) is 0 Å². The fourth-order valence-corrected chi connectivity index (χ4v) is 2.34. The average molecular weight is 333 g/mol. The maximum Gasteiger partial charge on any atom is 0.159 e. The first-order valence-electron chi connectivity index (χ1n) is 6.56. The van der Waals surface area contributed by atoms with Gasteiger partial charge in [-0.05, 0) is 55.5 Å². The molecule has 2 aromatic carbocycles. The first kappa shape index (κ1) is 16.3. The summed E-state index contributed by atoms with van der Waals surface area (Å²) in [6.07, 6.45) is 1.74. The number of carbonyl (C=O) groups is 1. The SMILES string of the molecule is CC(=O)c1ccc(Nc2ccnc3cc(Cl)ccc23)cc1.Cl. The van der Waals surface area contributed by atoms with Crippen LogP contribution in [0.25, 0.3) is 10.9 Å². The van der Waals surface area contributed by atoms with Gasteiger partial charge in [0.05, 0.1) is 5.52 Å². The molecule has 0 aliphatic carbocycles. The van der Waals surface area contributed by atoms with Gasteiger partial charge in [-0.3, -0.25) is 9.78 Å². The monoisotopic (exact) mass is 332 g/mol. The molecule has 3 nitrogen and oxygen atoms in total. The van der Waals surface area contributed by atoms with E-state index in [-0.39, 0.29) is 18.2 Å². The van der Waals surface area contributed by atoms with Crippen molar-refractivity contribution in [3.8, 4) is 0 Å². The van der Waals surface area contributed by atoms with Gasteiger partial charge >= 0.3 is 0 Å². The van der Waals surface area contributed by atoms with E-state index in [2.05, 4.69) is 10.3 Å². The van der Waals surface area contributed by atoms with E-state index in [1.165, 1.54) is 0 Å². The van der Waals surface area contributed by atoms with Crippen LogP contribution in [0.1, 0.15) is 17.3 Å². The lowest BCUT2D eigenvalue weighted by molar-refractivity contribution is 0.101. The molecule has 5 heteroatoms. The summed E-state index contributed by atoms with van der Waals surface area (Å²) in [5.74, 6) is 0.0607. The summed E-state index contributed by atoms with van der Waals surface area (Å²) in [5.41, 5.74) is 3.41. The topological polar surface area (TPSA) is 42.0 Å². The van der Waals surface area contributed by atoms with Crippen LogP contribution in [0.3, 0.4) is 0 Å². The molecule has 0 saturated heterocycles. The molecule has 0 aliphatic heterocycles. The van der Waals surface area contributed by atoms with Crippen molar-refractivity contribution in [2.75, 3.05) is 5.32 Å². The molecular weight excluding hydrogens is 319 g/mol. The number of rotatable bonds is 3. The number of ketones is 1. The van der Waals surface area contributed by atoms with Crippen LogP contribution < -0.4 is 5.32 Å². The molecule has 3 aromatic rings. The fraction of sp³-hybridized carbons (Fsp3) is 0.0588. The standard InChI is InChI=1S/C17H13ClN2O.ClH/c1-11(21)12-2-5-14(6-3-12)20-16-8-9-19-17-10-13(18)4-7-15(16)17;/h2-10H,1H3,(H,19,20);1H. The highest BCUT2D eigenvalue weighted by Gasteiger charge is 2.04. The third kappa shape index (κ3) is 3.38. The van der Waals surface area contributed by atoms with Gasteiger partial charge in [0.15, 0.2) is 5.78 Å². The predicted octanol–water partition coefficient (Wildman–Crippen LogP) is 5.26. The van der Waals surface area contributed by atoms with Gasteiger partial charge in [-0.25, -0.2) is 0 Å². The Morgan fingerprint density at radius 2 is 1.82 bits per heavy atom. The number of nitrogens with one attached hydrogen (secondary N) is 1. The minimum Gasteiger partial charge on any atom is -0.355 e. The molecule has 1 heterocycles. The van der Waals surface area contributed by atoms with Crippen molar-refractivity contribution in [3.05, 3.63) is 65.3 Å². The number of aromatic nitrogens is 1. The van der Waals surface area contributed by atoms with Crippen molar-refractivity contribution in [1.82, 2.24) is 4.98 Å². The third-order valence-corrected chi connectivity index (χ3v) is 3.51. The van der Waals surface area contributed by atoms with Crippen molar-refractivity contribution in [2.45, 2.75) is 6.92 Å². The summed E-state index contributed by atoms with van der Waals surface area (Å²) < 4.78 is 0. The molecule has 0 spiro atoms. The van der Waals surface area contributed by atoms with Crippen LogP contribution in [0.5, 0.6) is 0 Å². The zero-order chi connectivity index (χ0) is 14.8. The van der Waals surface area contributed by atoms with E-state index in [4.69, 9.17) is 11.6 Å². The van der Waals surface area contributed by atoms with Crippen LogP contribution in [0.2, 0.25) is 5.02 Å². The number of hydrogen-bond donors (Lipinski definition) is 1. The van der Waals surface area contributed by atoms with E-state index >= 15 is 0 Å². The highest BCUT2D eigenvalue weighted by Crippen LogP contribution is 2.27. The van der Waals surface area contributed by atoms with E-state index in [0.717, 1.165) is 22.3 Å². The highest BCUT2D eigenvalue weighted by atomic mass is 35.5. The first-order valence-corrected chi connectivity index (χ1v) is 6.93. The van der Waals surface area contributed by atoms with Gasteiger partial charge in [-0.1, -0.05) is 11.6 Å². The van der Waals surface area contributed by atoms with Gasteiger partial charge in [-0.15, -0.1) is 12.4 Å². The van der Waals surface area contributed by atoms with E-state index < -0.39 is 0 Å². The number of nitrogens with zero attached hydrogens (tertiary/aromatic N) is 1. The molecule has 1 aromatic heterocycles. The van der Waals surface area contributed by atoms with Crippen molar-refractivity contribution >= 4 is 52.1 Å². The van der Waals surface area contributed by atoms with E-state index in [1.807, 2.05) is 48.5 Å². The number of carbonyl (C=O) groups excluding carboxylic acids is 1. The van der Waals surface area contributed by atoms with Gasteiger partial charge in [0.1, 0.15) is 0 Å². The molecule has 3 rings (SSSR count). The number of pyridine rings is 1. The smallest absolute Gasteiger partial charge is 0.159 e.